The summed E-state index contributed by atoms with van der Waals surface area (Å²) in [5, 5.41) is 4.31. The molecule has 2 unspecified atom stereocenters. The first-order chi connectivity index (χ1) is 20.4. The fourth-order valence-corrected chi connectivity index (χ4v) is 6.33. The highest BCUT2D eigenvalue weighted by atomic mass is 32.2. The van der Waals surface area contributed by atoms with Gasteiger partial charge >= 0.3 is 6.03 Å². The maximum absolute atomic E-state index is 13.5. The van der Waals surface area contributed by atoms with Crippen molar-refractivity contribution >= 4 is 35.5 Å². The fraction of sp³-hybridized carbons (Fsp3) is 0.419. The van der Waals surface area contributed by atoms with Crippen molar-refractivity contribution in [1.29, 1.82) is 0 Å². The van der Waals surface area contributed by atoms with Crippen LogP contribution in [0.1, 0.15) is 43.7 Å². The van der Waals surface area contributed by atoms with Crippen LogP contribution in [0.2, 0.25) is 0 Å². The van der Waals surface area contributed by atoms with Gasteiger partial charge in [-0.3, -0.25) is 19.3 Å². The van der Waals surface area contributed by atoms with Gasteiger partial charge in [0.05, 0.1) is 6.04 Å². The summed E-state index contributed by atoms with van der Waals surface area (Å²) in [6.07, 6.45) is 4.10. The standard InChI is InChI=1S/C31H36N4O6S/c1-2-33(19-22-9-5-3-6-10-22)28(37)20-35-24-14-16-42-29(24)30(38)34(31(35)39)15-8-4-7-11-27(36)32-18-23-12-13-25-26(17-23)41-21-40-25/h3,5-6,9-10,12-14,16-17,24,29H,2,4,7-8,11,15,18-21H2,1H3,(H,32,36). The minimum Gasteiger partial charge on any atom is -0.454 e. The van der Waals surface area contributed by atoms with E-state index in [0.29, 0.717) is 56.8 Å². The zero-order chi connectivity index (χ0) is 29.5. The van der Waals surface area contributed by atoms with Crippen LogP contribution >= 0.6 is 11.8 Å². The number of nitrogens with one attached hydrogen (secondary N) is 1. The zero-order valence-electron chi connectivity index (χ0n) is 23.7. The number of unbranched alkanes of at least 4 members (excludes halogenated alkanes) is 2. The average molecular weight is 593 g/mol. The Morgan fingerprint density at radius 3 is 2.64 bits per heavy atom. The van der Waals surface area contributed by atoms with Crippen LogP contribution in [0.4, 0.5) is 4.79 Å². The summed E-state index contributed by atoms with van der Waals surface area (Å²) in [4.78, 5) is 56.8. The molecular weight excluding hydrogens is 556 g/mol. The minimum atomic E-state index is -0.443. The molecular formula is C31H36N4O6S. The number of hydrogen-bond donors (Lipinski definition) is 1. The van der Waals surface area contributed by atoms with Gasteiger partial charge in [0.1, 0.15) is 11.8 Å². The van der Waals surface area contributed by atoms with Crippen molar-refractivity contribution < 1.29 is 28.7 Å². The first-order valence-electron chi connectivity index (χ1n) is 14.4. The van der Waals surface area contributed by atoms with Gasteiger partial charge < -0.3 is 24.6 Å². The van der Waals surface area contributed by atoms with Crippen LogP contribution in [0.15, 0.2) is 60.0 Å². The first-order valence-corrected chi connectivity index (χ1v) is 15.3. The number of likely N-dealkylation sites (N-methyl/N-ethyl adjacent to an activating group) is 1. The number of carbonyl (C=O) groups is 4. The van der Waals surface area contributed by atoms with Gasteiger partial charge in [-0.15, -0.1) is 11.8 Å². The summed E-state index contributed by atoms with van der Waals surface area (Å²) >= 11 is 1.39. The average Bonchev–Trinajstić information content (AvgIpc) is 3.69. The molecule has 222 valence electrons. The lowest BCUT2D eigenvalue weighted by Crippen LogP contribution is -2.63. The lowest BCUT2D eigenvalue weighted by molar-refractivity contribution is -0.136. The maximum atomic E-state index is 13.5. The summed E-state index contributed by atoms with van der Waals surface area (Å²) in [6.45, 7) is 3.67. The van der Waals surface area contributed by atoms with Gasteiger partial charge in [0.2, 0.25) is 24.5 Å². The van der Waals surface area contributed by atoms with Gasteiger partial charge in [-0.05, 0) is 48.4 Å². The molecule has 0 saturated carbocycles. The number of fused-ring (bicyclic) bond motifs is 2. The van der Waals surface area contributed by atoms with E-state index < -0.39 is 17.3 Å². The van der Waals surface area contributed by atoms with Crippen molar-refractivity contribution in [1.82, 2.24) is 20.0 Å². The SMILES string of the molecule is CCN(Cc1ccccc1)C(=O)CN1C(=O)N(CCCCCC(=O)NCc2ccc3c(c2)OCO3)C(=O)C2SC=CC21. The van der Waals surface area contributed by atoms with E-state index in [1.165, 1.54) is 21.6 Å². The monoisotopic (exact) mass is 592 g/mol. The Morgan fingerprint density at radius 2 is 1.83 bits per heavy atom. The van der Waals surface area contributed by atoms with E-state index in [-0.39, 0.29) is 37.6 Å². The molecule has 0 spiro atoms. The van der Waals surface area contributed by atoms with Crippen molar-refractivity contribution in [3.63, 3.8) is 0 Å². The van der Waals surface area contributed by atoms with Crippen molar-refractivity contribution in [3.05, 3.63) is 71.1 Å². The van der Waals surface area contributed by atoms with Crippen molar-refractivity contribution in [2.45, 2.75) is 57.0 Å². The quantitative estimate of drug-likeness (QED) is 0.352. The first kappa shape index (κ1) is 29.5. The van der Waals surface area contributed by atoms with Gasteiger partial charge in [-0.1, -0.05) is 48.9 Å². The second-order valence-corrected chi connectivity index (χ2v) is 11.5. The molecule has 3 aliphatic heterocycles. The van der Waals surface area contributed by atoms with Crippen LogP contribution in [0, 0.1) is 0 Å². The topological polar surface area (TPSA) is 108 Å². The molecule has 42 heavy (non-hydrogen) atoms. The molecule has 2 atom stereocenters. The molecule has 10 nitrogen and oxygen atoms in total. The summed E-state index contributed by atoms with van der Waals surface area (Å²) in [6, 6.07) is 14.5. The van der Waals surface area contributed by atoms with Gasteiger partial charge in [0.25, 0.3) is 0 Å². The highest BCUT2D eigenvalue weighted by Gasteiger charge is 2.47. The maximum Gasteiger partial charge on any atom is 0.327 e. The highest BCUT2D eigenvalue weighted by molar-refractivity contribution is 8.03. The molecule has 5 rings (SSSR count). The van der Waals surface area contributed by atoms with E-state index in [9.17, 15) is 19.2 Å². The molecule has 2 aromatic carbocycles. The number of thioether (sulfide) groups is 1. The van der Waals surface area contributed by atoms with Gasteiger partial charge in [0, 0.05) is 32.6 Å². The van der Waals surface area contributed by atoms with Gasteiger partial charge in [0.15, 0.2) is 11.5 Å². The predicted molar refractivity (Wildman–Crippen MR) is 159 cm³/mol. The fourth-order valence-electron chi connectivity index (χ4n) is 5.27. The molecule has 0 aliphatic carbocycles. The van der Waals surface area contributed by atoms with Crippen LogP contribution in [-0.4, -0.2) is 76.2 Å². The molecule has 3 heterocycles. The largest absolute Gasteiger partial charge is 0.454 e. The van der Waals surface area contributed by atoms with E-state index in [2.05, 4.69) is 5.32 Å². The molecule has 0 bridgehead atoms. The third kappa shape index (κ3) is 6.89. The van der Waals surface area contributed by atoms with Crippen molar-refractivity contribution in [3.8, 4) is 11.5 Å². The smallest absolute Gasteiger partial charge is 0.327 e. The number of nitrogens with zero attached hydrogens (tertiary/aromatic N) is 3. The number of urea groups is 1. The number of carbonyl (C=O) groups excluding carboxylic acids is 4. The molecule has 1 fully saturated rings. The third-order valence-electron chi connectivity index (χ3n) is 7.63. The Balaban J connectivity index is 1.09. The van der Waals surface area contributed by atoms with Crippen molar-refractivity contribution in [2.24, 2.45) is 0 Å². The Bertz CT molecular complexity index is 1340. The number of hydrogen-bond acceptors (Lipinski definition) is 7. The zero-order valence-corrected chi connectivity index (χ0v) is 24.5. The Labute approximate surface area is 250 Å². The Kier molecular flexibility index (Phi) is 9.68. The van der Waals surface area contributed by atoms with Crippen LogP contribution in [-0.2, 0) is 27.5 Å². The van der Waals surface area contributed by atoms with E-state index in [4.69, 9.17) is 9.47 Å². The molecule has 2 aromatic rings. The normalized spacial score (nSPS) is 18.8. The Hall–Kier alpha value is -3.99. The molecule has 11 heteroatoms. The van der Waals surface area contributed by atoms with Crippen LogP contribution in [0.5, 0.6) is 11.5 Å². The van der Waals surface area contributed by atoms with Crippen LogP contribution in [0.3, 0.4) is 0 Å². The number of rotatable bonds is 13. The summed E-state index contributed by atoms with van der Waals surface area (Å²) in [5.41, 5.74) is 1.95. The van der Waals surface area contributed by atoms with Gasteiger partial charge in [-0.2, -0.15) is 0 Å². The van der Waals surface area contributed by atoms with E-state index in [0.717, 1.165) is 11.1 Å². The number of imide groups is 1. The molecule has 0 radical (unpaired) electrons. The molecule has 1 saturated heterocycles. The Morgan fingerprint density at radius 1 is 1.02 bits per heavy atom. The second kappa shape index (κ2) is 13.8. The number of benzene rings is 2. The van der Waals surface area contributed by atoms with Crippen molar-refractivity contribution in [2.75, 3.05) is 26.4 Å². The number of ether oxygens (including phenoxy) is 2. The van der Waals surface area contributed by atoms with Crippen LogP contribution in [0.25, 0.3) is 0 Å². The molecule has 1 N–H and O–H groups in total. The lowest BCUT2D eigenvalue weighted by Gasteiger charge is -2.41. The molecule has 0 aromatic heterocycles. The predicted octanol–water partition coefficient (Wildman–Crippen LogP) is 3.90. The second-order valence-electron chi connectivity index (χ2n) is 10.4. The van der Waals surface area contributed by atoms with Crippen LogP contribution < -0.4 is 14.8 Å². The summed E-state index contributed by atoms with van der Waals surface area (Å²) < 4.78 is 10.7. The summed E-state index contributed by atoms with van der Waals surface area (Å²) in [7, 11) is 0. The number of amides is 5. The third-order valence-corrected chi connectivity index (χ3v) is 8.71. The van der Waals surface area contributed by atoms with E-state index in [1.807, 2.05) is 66.9 Å². The summed E-state index contributed by atoms with van der Waals surface area (Å²) in [5.74, 6) is 0.950. The van der Waals surface area contributed by atoms with E-state index >= 15 is 0 Å². The molecule has 3 aliphatic rings. The highest BCUT2D eigenvalue weighted by Crippen LogP contribution is 2.35. The molecule has 5 amide bonds. The van der Waals surface area contributed by atoms with Gasteiger partial charge in [-0.25, -0.2) is 4.79 Å². The van der Waals surface area contributed by atoms with E-state index in [1.54, 1.807) is 4.90 Å². The lowest BCUT2D eigenvalue weighted by atomic mass is 10.1. The minimum absolute atomic E-state index is 0.0604.